The number of benzene rings is 1. The van der Waals surface area contributed by atoms with Gasteiger partial charge in [-0.15, -0.1) is 11.3 Å². The lowest BCUT2D eigenvalue weighted by molar-refractivity contribution is 0.0626. The maximum absolute atomic E-state index is 12.7. The molecule has 1 unspecified atom stereocenters. The molecule has 0 radical (unpaired) electrons. The molecule has 1 aromatic carbocycles. The van der Waals surface area contributed by atoms with Crippen molar-refractivity contribution in [1.82, 2.24) is 9.97 Å². The number of hydrogen-bond acceptors (Lipinski definition) is 7. The smallest absolute Gasteiger partial charge is 0.181 e. The maximum Gasteiger partial charge on any atom is 0.181 e. The molecule has 1 saturated heterocycles. The zero-order valence-electron chi connectivity index (χ0n) is 20.6. The van der Waals surface area contributed by atoms with Gasteiger partial charge in [-0.1, -0.05) is 12.1 Å². The third-order valence-electron chi connectivity index (χ3n) is 7.03. The fourth-order valence-corrected chi connectivity index (χ4v) is 7.26. The second-order valence-corrected chi connectivity index (χ2v) is 13.0. The zero-order chi connectivity index (χ0) is 25.0. The normalized spacial score (nSPS) is 17.9. The van der Waals surface area contributed by atoms with Crippen LogP contribution in [0.4, 0.5) is 0 Å². The number of nitrogens with one attached hydrogen (secondary N) is 1. The number of sulfone groups is 1. The Morgan fingerprint density at radius 2 is 1.86 bits per heavy atom. The highest BCUT2D eigenvalue weighted by Gasteiger charge is 2.37. The molecule has 2 fully saturated rings. The summed E-state index contributed by atoms with van der Waals surface area (Å²) >= 11 is 1.62. The average molecular weight is 531 g/mol. The van der Waals surface area contributed by atoms with Crippen molar-refractivity contribution in [1.29, 1.82) is 0 Å². The standard InChI is InChI=1S/C27H34N2O5S2/c1-32-14-15-34-18-21-17-28-27(35-21)26-9-8-25(29-26)24(16-19-10-12-33-13-11-19)20-2-4-22(5-3-20)36(30,31)23-6-7-23/h2-5,8-9,17,19,23-24,29H,6-7,10-16,18H2,1H3. The van der Waals surface area contributed by atoms with Gasteiger partial charge in [0.1, 0.15) is 5.01 Å². The molecule has 1 aliphatic carbocycles. The van der Waals surface area contributed by atoms with Crippen LogP contribution < -0.4 is 0 Å². The molecule has 1 N–H and O–H groups in total. The Morgan fingerprint density at radius 1 is 1.08 bits per heavy atom. The van der Waals surface area contributed by atoms with Crippen molar-refractivity contribution >= 4 is 21.2 Å². The van der Waals surface area contributed by atoms with Gasteiger partial charge in [-0.2, -0.15) is 0 Å². The van der Waals surface area contributed by atoms with E-state index in [9.17, 15) is 8.42 Å². The van der Waals surface area contributed by atoms with Crippen LogP contribution in [0.15, 0.2) is 47.5 Å². The summed E-state index contributed by atoms with van der Waals surface area (Å²) in [5.41, 5.74) is 3.25. The van der Waals surface area contributed by atoms with Crippen molar-refractivity contribution in [2.24, 2.45) is 5.92 Å². The van der Waals surface area contributed by atoms with E-state index in [4.69, 9.17) is 14.2 Å². The van der Waals surface area contributed by atoms with Crippen molar-refractivity contribution in [2.45, 2.75) is 54.8 Å². The van der Waals surface area contributed by atoms with Gasteiger partial charge in [-0.05, 0) is 67.9 Å². The van der Waals surface area contributed by atoms with Gasteiger partial charge in [0.25, 0.3) is 0 Å². The van der Waals surface area contributed by atoms with Crippen LogP contribution in [-0.2, 0) is 30.7 Å². The fraction of sp³-hybridized carbons (Fsp3) is 0.519. The van der Waals surface area contributed by atoms with E-state index in [-0.39, 0.29) is 11.2 Å². The fourth-order valence-electron chi connectivity index (χ4n) is 4.77. The molecule has 0 bridgehead atoms. The Balaban J connectivity index is 1.35. The first-order valence-electron chi connectivity index (χ1n) is 12.7. The van der Waals surface area contributed by atoms with Crippen LogP contribution in [-0.4, -0.2) is 57.2 Å². The number of nitrogens with zero attached hydrogens (tertiary/aromatic N) is 1. The van der Waals surface area contributed by atoms with Crippen molar-refractivity contribution in [3.8, 4) is 10.7 Å². The first kappa shape index (κ1) is 25.6. The number of aromatic nitrogens is 2. The number of aromatic amines is 1. The van der Waals surface area contributed by atoms with Crippen LogP contribution in [0.3, 0.4) is 0 Å². The number of rotatable bonds is 12. The van der Waals surface area contributed by atoms with Crippen LogP contribution in [0.5, 0.6) is 0 Å². The Hall–Kier alpha value is -2.04. The van der Waals surface area contributed by atoms with Gasteiger partial charge in [-0.25, -0.2) is 13.4 Å². The molecule has 36 heavy (non-hydrogen) atoms. The summed E-state index contributed by atoms with van der Waals surface area (Å²) in [5, 5.41) is 0.739. The van der Waals surface area contributed by atoms with Gasteiger partial charge in [0.15, 0.2) is 9.84 Å². The summed E-state index contributed by atoms with van der Waals surface area (Å²) in [4.78, 5) is 9.73. The minimum atomic E-state index is -3.19. The highest BCUT2D eigenvalue weighted by molar-refractivity contribution is 7.92. The lowest BCUT2D eigenvalue weighted by Gasteiger charge is -2.27. The van der Waals surface area contributed by atoms with E-state index in [1.807, 2.05) is 18.3 Å². The summed E-state index contributed by atoms with van der Waals surface area (Å²) in [6.07, 6.45) is 6.52. The van der Waals surface area contributed by atoms with E-state index >= 15 is 0 Å². The van der Waals surface area contributed by atoms with Gasteiger partial charge in [0.2, 0.25) is 0 Å². The maximum atomic E-state index is 12.7. The molecule has 0 spiro atoms. The summed E-state index contributed by atoms with van der Waals surface area (Å²) < 4.78 is 41.6. The highest BCUT2D eigenvalue weighted by atomic mass is 32.2. The molecule has 9 heteroatoms. The molecular formula is C27H34N2O5S2. The topological polar surface area (TPSA) is 90.5 Å². The summed E-state index contributed by atoms with van der Waals surface area (Å²) in [5.74, 6) is 0.720. The predicted octanol–water partition coefficient (Wildman–Crippen LogP) is 5.19. The van der Waals surface area contributed by atoms with E-state index < -0.39 is 9.84 Å². The second-order valence-electron chi connectivity index (χ2n) is 9.66. The molecular weight excluding hydrogens is 496 g/mol. The van der Waals surface area contributed by atoms with Crippen LogP contribution in [0.25, 0.3) is 10.7 Å². The number of hydrogen-bond donors (Lipinski definition) is 1. The SMILES string of the molecule is COCCOCc1cnc(-c2ccc(C(CC3CCOCC3)c3ccc(S(=O)(=O)C4CC4)cc3)[nH]2)s1. The zero-order valence-corrected chi connectivity index (χ0v) is 22.3. The second kappa shape index (κ2) is 11.6. The molecule has 194 valence electrons. The van der Waals surface area contributed by atoms with E-state index in [0.717, 1.165) is 72.2 Å². The first-order valence-corrected chi connectivity index (χ1v) is 15.0. The Kier molecular flexibility index (Phi) is 8.22. The van der Waals surface area contributed by atoms with Crippen LogP contribution in [0, 0.1) is 5.92 Å². The van der Waals surface area contributed by atoms with Gasteiger partial charge < -0.3 is 19.2 Å². The van der Waals surface area contributed by atoms with Crippen molar-refractivity contribution in [3.63, 3.8) is 0 Å². The molecule has 2 aliphatic rings. The van der Waals surface area contributed by atoms with Crippen molar-refractivity contribution in [3.05, 3.63) is 58.7 Å². The molecule has 3 heterocycles. The summed E-state index contributed by atoms with van der Waals surface area (Å²) in [7, 11) is -1.52. The van der Waals surface area contributed by atoms with Gasteiger partial charge in [-0.3, -0.25) is 0 Å². The average Bonchev–Trinajstić information content (AvgIpc) is 3.48. The lowest BCUT2D eigenvalue weighted by atomic mass is 9.83. The number of methoxy groups -OCH3 is 1. The molecule has 1 atom stereocenters. The predicted molar refractivity (Wildman–Crippen MR) is 140 cm³/mol. The third kappa shape index (κ3) is 6.08. The first-order chi connectivity index (χ1) is 17.5. The molecule has 2 aromatic heterocycles. The molecule has 3 aromatic rings. The largest absolute Gasteiger partial charge is 0.382 e. The van der Waals surface area contributed by atoms with E-state index in [2.05, 4.69) is 22.1 Å². The minimum Gasteiger partial charge on any atom is -0.382 e. The highest BCUT2D eigenvalue weighted by Crippen LogP contribution is 2.38. The van der Waals surface area contributed by atoms with E-state index in [1.54, 1.807) is 30.6 Å². The molecule has 1 aliphatic heterocycles. The number of thiazole rings is 1. The summed E-state index contributed by atoms with van der Waals surface area (Å²) in [6, 6.07) is 11.8. The molecule has 1 saturated carbocycles. The number of H-pyrrole nitrogens is 1. The lowest BCUT2D eigenvalue weighted by Crippen LogP contribution is -2.19. The quantitative estimate of drug-likeness (QED) is 0.324. The molecule has 7 nitrogen and oxygen atoms in total. The van der Waals surface area contributed by atoms with E-state index in [1.165, 1.54) is 0 Å². The van der Waals surface area contributed by atoms with Crippen LogP contribution >= 0.6 is 11.3 Å². The van der Waals surface area contributed by atoms with Crippen molar-refractivity contribution in [2.75, 3.05) is 33.5 Å². The molecule has 5 rings (SSSR count). The monoisotopic (exact) mass is 530 g/mol. The third-order valence-corrected chi connectivity index (χ3v) is 10.3. The summed E-state index contributed by atoms with van der Waals surface area (Å²) in [6.45, 7) is 3.27. The van der Waals surface area contributed by atoms with Crippen molar-refractivity contribution < 1.29 is 22.6 Å². The minimum absolute atomic E-state index is 0.149. The Bertz CT molecular complexity index is 1230. The Morgan fingerprint density at radius 3 is 2.58 bits per heavy atom. The number of ether oxygens (including phenoxy) is 3. The van der Waals surface area contributed by atoms with Gasteiger partial charge >= 0.3 is 0 Å². The molecule has 0 amide bonds. The Labute approximate surface area is 217 Å². The van der Waals surface area contributed by atoms with Gasteiger partial charge in [0, 0.05) is 38.1 Å². The van der Waals surface area contributed by atoms with Crippen LogP contribution in [0.2, 0.25) is 0 Å². The van der Waals surface area contributed by atoms with Gasteiger partial charge in [0.05, 0.1) is 40.5 Å². The van der Waals surface area contributed by atoms with Crippen LogP contribution in [0.1, 0.15) is 54.2 Å². The van der Waals surface area contributed by atoms with E-state index in [0.29, 0.717) is 30.6 Å².